The molecular weight excluding hydrogens is 500 g/mol. The fourth-order valence-corrected chi connectivity index (χ4v) is 6.56. The number of ether oxygens (including phenoxy) is 1. The van der Waals surface area contributed by atoms with E-state index >= 15 is 8.78 Å². The van der Waals surface area contributed by atoms with Gasteiger partial charge < -0.3 is 15.6 Å². The van der Waals surface area contributed by atoms with Crippen molar-refractivity contribution in [2.75, 3.05) is 6.61 Å². The summed E-state index contributed by atoms with van der Waals surface area (Å²) in [5.74, 6) is -4.06. The summed E-state index contributed by atoms with van der Waals surface area (Å²) in [6.07, 6.45) is 5.11. The number of hydrogen-bond donors (Lipinski definition) is 2. The van der Waals surface area contributed by atoms with Gasteiger partial charge in [0.15, 0.2) is 18.2 Å². The number of benzene rings is 3. The molecule has 5 nitrogen and oxygen atoms in total. The van der Waals surface area contributed by atoms with E-state index in [1.165, 1.54) is 17.7 Å². The van der Waals surface area contributed by atoms with Crippen LogP contribution in [0.15, 0.2) is 48.5 Å². The maximum Gasteiger partial charge on any atom is 0.341 e. The van der Waals surface area contributed by atoms with Crippen molar-refractivity contribution >= 4 is 23.5 Å². The van der Waals surface area contributed by atoms with Crippen molar-refractivity contribution in [3.8, 4) is 16.9 Å². The Kier molecular flexibility index (Phi) is 6.67. The maximum absolute atomic E-state index is 16.0. The summed E-state index contributed by atoms with van der Waals surface area (Å²) in [4.78, 5) is 23.4. The first-order chi connectivity index (χ1) is 17.7. The van der Waals surface area contributed by atoms with Gasteiger partial charge in [-0.3, -0.25) is 4.79 Å². The molecule has 2 atom stereocenters. The van der Waals surface area contributed by atoms with Crippen molar-refractivity contribution in [3.05, 3.63) is 87.4 Å². The SMILES string of the molecule is NC(=O)c1ccc(OCC(=O)O)c(F)c1-c1c(Cl)c(F)cc2c1CC1(c3ccccc3)CCCCC1C2. The van der Waals surface area contributed by atoms with Gasteiger partial charge in [0, 0.05) is 16.5 Å². The zero-order valence-corrected chi connectivity index (χ0v) is 20.8. The number of carbonyl (C=O) groups is 2. The normalized spacial score (nSPS) is 20.6. The van der Waals surface area contributed by atoms with Crippen molar-refractivity contribution < 1.29 is 28.2 Å². The van der Waals surface area contributed by atoms with Gasteiger partial charge in [-0.15, -0.1) is 0 Å². The smallest absolute Gasteiger partial charge is 0.341 e. The minimum absolute atomic E-state index is 0.0723. The molecule has 0 spiro atoms. The summed E-state index contributed by atoms with van der Waals surface area (Å²) in [5.41, 5.74) is 7.54. The molecule has 5 rings (SSSR count). The van der Waals surface area contributed by atoms with Gasteiger partial charge in [-0.1, -0.05) is 54.8 Å². The molecule has 0 aromatic heterocycles. The maximum atomic E-state index is 16.0. The summed E-state index contributed by atoms with van der Waals surface area (Å²) < 4.78 is 36.3. The third-order valence-electron chi connectivity index (χ3n) is 7.91. The fourth-order valence-electron chi connectivity index (χ4n) is 6.29. The van der Waals surface area contributed by atoms with Crippen molar-refractivity contribution in [2.45, 2.75) is 43.9 Å². The van der Waals surface area contributed by atoms with Crippen LogP contribution < -0.4 is 10.5 Å². The Hall–Kier alpha value is -3.45. The van der Waals surface area contributed by atoms with Crippen LogP contribution >= 0.6 is 11.6 Å². The van der Waals surface area contributed by atoms with Crippen molar-refractivity contribution in [1.29, 1.82) is 0 Å². The molecule has 8 heteroatoms. The minimum atomic E-state index is -1.30. The highest BCUT2D eigenvalue weighted by Crippen LogP contribution is 2.54. The van der Waals surface area contributed by atoms with Crippen LogP contribution in [0, 0.1) is 17.6 Å². The number of amides is 1. The zero-order chi connectivity index (χ0) is 26.3. The molecule has 192 valence electrons. The highest BCUT2D eigenvalue weighted by molar-refractivity contribution is 6.34. The van der Waals surface area contributed by atoms with Gasteiger partial charge >= 0.3 is 5.97 Å². The Balaban J connectivity index is 1.76. The minimum Gasteiger partial charge on any atom is -0.479 e. The van der Waals surface area contributed by atoms with Crippen LogP contribution in [-0.2, 0) is 23.1 Å². The molecule has 3 N–H and O–H groups in total. The number of aliphatic carboxylic acids is 1. The van der Waals surface area contributed by atoms with Crippen LogP contribution in [0.1, 0.15) is 52.7 Å². The molecule has 0 radical (unpaired) electrons. The summed E-state index contributed by atoms with van der Waals surface area (Å²) in [5, 5.41) is 8.68. The van der Waals surface area contributed by atoms with E-state index in [2.05, 4.69) is 12.1 Å². The van der Waals surface area contributed by atoms with Crippen molar-refractivity contribution in [2.24, 2.45) is 11.7 Å². The molecule has 3 aromatic rings. The highest BCUT2D eigenvalue weighted by atomic mass is 35.5. The molecule has 1 fully saturated rings. The first-order valence-electron chi connectivity index (χ1n) is 12.3. The third-order valence-corrected chi connectivity index (χ3v) is 8.28. The van der Waals surface area contributed by atoms with Crippen molar-refractivity contribution in [3.63, 3.8) is 0 Å². The molecule has 0 heterocycles. The van der Waals surface area contributed by atoms with E-state index in [0.717, 1.165) is 37.3 Å². The Morgan fingerprint density at radius 3 is 2.57 bits per heavy atom. The van der Waals surface area contributed by atoms with E-state index in [9.17, 15) is 9.59 Å². The second-order valence-corrected chi connectivity index (χ2v) is 10.3. The molecule has 1 amide bonds. The predicted molar refractivity (Wildman–Crippen MR) is 136 cm³/mol. The summed E-state index contributed by atoms with van der Waals surface area (Å²) >= 11 is 6.53. The molecule has 3 aromatic carbocycles. The van der Waals surface area contributed by atoms with Crippen LogP contribution in [0.5, 0.6) is 5.75 Å². The molecule has 37 heavy (non-hydrogen) atoms. The van der Waals surface area contributed by atoms with Crippen LogP contribution in [0.4, 0.5) is 8.78 Å². The third kappa shape index (κ3) is 4.35. The van der Waals surface area contributed by atoms with E-state index in [4.69, 9.17) is 27.2 Å². The van der Waals surface area contributed by atoms with Crippen molar-refractivity contribution in [1.82, 2.24) is 0 Å². The number of halogens is 3. The Bertz CT molecular complexity index is 1390. The number of primary amides is 1. The number of fused-ring (bicyclic) bond motifs is 2. The topological polar surface area (TPSA) is 89.6 Å². The van der Waals surface area contributed by atoms with Crippen LogP contribution in [0.25, 0.3) is 11.1 Å². The Morgan fingerprint density at radius 2 is 1.86 bits per heavy atom. The summed E-state index contributed by atoms with van der Waals surface area (Å²) in [6.45, 7) is -0.792. The second-order valence-electron chi connectivity index (χ2n) is 9.88. The second kappa shape index (κ2) is 9.78. The van der Waals surface area contributed by atoms with Gasteiger partial charge in [0.25, 0.3) is 0 Å². The van der Waals surface area contributed by atoms with Gasteiger partial charge in [-0.25, -0.2) is 13.6 Å². The largest absolute Gasteiger partial charge is 0.479 e. The number of nitrogens with two attached hydrogens (primary N) is 1. The fraction of sp³-hybridized carbons (Fsp3) is 0.310. The lowest BCUT2D eigenvalue weighted by molar-refractivity contribution is -0.139. The molecule has 2 aliphatic carbocycles. The monoisotopic (exact) mass is 525 g/mol. The number of rotatable bonds is 6. The first kappa shape index (κ1) is 25.2. The van der Waals surface area contributed by atoms with Gasteiger partial charge in [0.05, 0.1) is 10.6 Å². The average molecular weight is 526 g/mol. The van der Waals surface area contributed by atoms with Gasteiger partial charge in [-0.05, 0) is 66.5 Å². The van der Waals surface area contributed by atoms with Gasteiger partial charge in [0.2, 0.25) is 5.91 Å². The predicted octanol–water partition coefficient (Wildman–Crippen LogP) is 6.07. The lowest BCUT2D eigenvalue weighted by Crippen LogP contribution is -2.44. The number of hydrogen-bond acceptors (Lipinski definition) is 3. The number of carbonyl (C=O) groups excluding carboxylic acids is 1. The Labute approximate surface area is 218 Å². The van der Waals surface area contributed by atoms with Crippen LogP contribution in [0.3, 0.4) is 0 Å². The molecule has 0 bridgehead atoms. The Morgan fingerprint density at radius 1 is 1.11 bits per heavy atom. The molecule has 2 aliphatic rings. The molecule has 1 saturated carbocycles. The highest BCUT2D eigenvalue weighted by Gasteiger charge is 2.46. The van der Waals surface area contributed by atoms with E-state index in [1.54, 1.807) is 0 Å². The summed E-state index contributed by atoms with van der Waals surface area (Å²) in [6, 6.07) is 14.0. The average Bonchev–Trinajstić information content (AvgIpc) is 2.88. The number of carboxylic acids is 1. The summed E-state index contributed by atoms with van der Waals surface area (Å²) in [7, 11) is 0. The van der Waals surface area contributed by atoms with Gasteiger partial charge in [0.1, 0.15) is 5.82 Å². The quantitative estimate of drug-likeness (QED) is 0.408. The van der Waals surface area contributed by atoms with Crippen LogP contribution in [-0.4, -0.2) is 23.6 Å². The molecular formula is C29H26ClF2NO4. The molecule has 0 aliphatic heterocycles. The van der Waals surface area contributed by atoms with Crippen LogP contribution in [0.2, 0.25) is 5.02 Å². The van der Waals surface area contributed by atoms with E-state index in [-0.39, 0.29) is 38.8 Å². The molecule has 0 saturated heterocycles. The zero-order valence-electron chi connectivity index (χ0n) is 20.0. The van der Waals surface area contributed by atoms with E-state index in [0.29, 0.717) is 18.4 Å². The lowest BCUT2D eigenvalue weighted by atomic mass is 9.55. The van der Waals surface area contributed by atoms with Gasteiger partial charge in [-0.2, -0.15) is 0 Å². The standard InChI is InChI=1S/C29H26ClF2NO4/c30-26-21(31)13-16-12-18-8-4-5-11-29(18,17-6-2-1-3-7-17)14-20(16)24(26)25-19(28(33)36)9-10-22(27(25)32)37-15-23(34)35/h1-3,6-7,9-10,13,18H,4-5,8,11-12,14-15H2,(H2,33,36)(H,34,35). The first-order valence-corrected chi connectivity index (χ1v) is 12.6. The molecule has 2 unspecified atom stereocenters. The number of carboxylic acid groups (broad SMARTS) is 1. The van der Waals surface area contributed by atoms with E-state index in [1.807, 2.05) is 18.2 Å². The van der Waals surface area contributed by atoms with E-state index < -0.39 is 30.1 Å². The lowest BCUT2D eigenvalue weighted by Gasteiger charge is -2.49.